The number of rotatable bonds is 8. The molecule has 0 aliphatic heterocycles. The smallest absolute Gasteiger partial charge is 0.190 e. The number of anilines is 1. The number of nitrogens with two attached hydrogens (primary N) is 1. The Hall–Kier alpha value is -2.93. The summed E-state index contributed by atoms with van der Waals surface area (Å²) in [4.78, 5) is 16.3. The summed E-state index contributed by atoms with van der Waals surface area (Å²) >= 11 is 0. The summed E-state index contributed by atoms with van der Waals surface area (Å²) in [5.41, 5.74) is 8.83. The van der Waals surface area contributed by atoms with E-state index in [1.54, 1.807) is 16.8 Å². The molecule has 0 spiro atoms. The molecule has 7 heteroatoms. The van der Waals surface area contributed by atoms with Gasteiger partial charge in [0, 0.05) is 31.6 Å². The van der Waals surface area contributed by atoms with E-state index in [4.69, 9.17) is 10.5 Å². The summed E-state index contributed by atoms with van der Waals surface area (Å²) < 4.78 is 6.53. The van der Waals surface area contributed by atoms with E-state index in [2.05, 4.69) is 22.0 Å². The number of carbonyl (C=O) groups excluding carboxylic acids is 1. The second kappa shape index (κ2) is 8.07. The minimum atomic E-state index is -0.124. The second-order valence-electron chi connectivity index (χ2n) is 5.03. The van der Waals surface area contributed by atoms with Gasteiger partial charge in [0.2, 0.25) is 0 Å². The van der Waals surface area contributed by atoms with Crippen molar-refractivity contribution >= 4 is 17.1 Å². The lowest BCUT2D eigenvalue weighted by atomic mass is 10.0. The molecule has 7 nitrogen and oxygen atoms in total. The van der Waals surface area contributed by atoms with E-state index in [0.717, 1.165) is 11.3 Å². The first-order valence-corrected chi connectivity index (χ1v) is 7.42. The molecule has 3 N–H and O–H groups in total. The average molecular weight is 327 g/mol. The molecule has 0 radical (unpaired) electrons. The maximum Gasteiger partial charge on any atom is 0.190 e. The van der Waals surface area contributed by atoms with Gasteiger partial charge in [0.05, 0.1) is 0 Å². The summed E-state index contributed by atoms with van der Waals surface area (Å²) in [6.45, 7) is 3.67. The molecular formula is C17H21N5O2. The molecule has 0 fully saturated rings. The molecule has 0 saturated carbocycles. The Morgan fingerprint density at radius 2 is 2.33 bits per heavy atom. The van der Waals surface area contributed by atoms with Crippen LogP contribution < -0.4 is 11.1 Å². The fourth-order valence-corrected chi connectivity index (χ4v) is 2.41. The van der Waals surface area contributed by atoms with E-state index in [1.807, 2.05) is 25.3 Å². The number of nitrogens with one attached hydrogen (secondary N) is 1. The molecule has 0 aliphatic rings. The third kappa shape index (κ3) is 3.69. The highest BCUT2D eigenvalue weighted by Crippen LogP contribution is 2.23. The van der Waals surface area contributed by atoms with Crippen LogP contribution in [0.25, 0.3) is 5.52 Å². The van der Waals surface area contributed by atoms with E-state index in [-0.39, 0.29) is 12.4 Å². The van der Waals surface area contributed by atoms with Gasteiger partial charge < -0.3 is 15.8 Å². The van der Waals surface area contributed by atoms with Gasteiger partial charge in [-0.05, 0) is 24.1 Å². The first kappa shape index (κ1) is 17.4. The van der Waals surface area contributed by atoms with Gasteiger partial charge in [-0.2, -0.15) is 5.10 Å². The van der Waals surface area contributed by atoms with Gasteiger partial charge in [-0.25, -0.2) is 9.50 Å². The topological polar surface area (TPSA) is 94.5 Å². The predicted octanol–water partition coefficient (Wildman–Crippen LogP) is 1.53. The Bertz CT molecular complexity index is 805. The van der Waals surface area contributed by atoms with Crippen LogP contribution in [0, 0.1) is 0 Å². The first-order chi connectivity index (χ1) is 11.6. The van der Waals surface area contributed by atoms with Crippen LogP contribution in [0.4, 0.5) is 5.82 Å². The number of allylic oxidation sites excluding steroid dienone is 4. The quantitative estimate of drug-likeness (QED) is 0.564. The molecular weight excluding hydrogens is 306 g/mol. The van der Waals surface area contributed by atoms with Crippen LogP contribution in [-0.4, -0.2) is 41.1 Å². The standard InChI is InChI=1S/C17H21N5O2/c1-4-6-12(19-2)7-5-8-13-14(15(23)10-24-3)9-22-16(13)17(18)20-11-21-22/h4-7,9,11,19H,1,8,10H2,2-3H3,(H2,18,20,21)/b7-5-,12-6+. The zero-order valence-electron chi connectivity index (χ0n) is 13.8. The van der Waals surface area contributed by atoms with E-state index < -0.39 is 0 Å². The number of nitrogen functional groups attached to an aromatic ring is 1. The second-order valence-corrected chi connectivity index (χ2v) is 5.03. The third-order valence-corrected chi connectivity index (χ3v) is 3.49. The monoisotopic (exact) mass is 327 g/mol. The van der Waals surface area contributed by atoms with Crippen molar-refractivity contribution in [3.63, 3.8) is 0 Å². The van der Waals surface area contributed by atoms with Crippen molar-refractivity contribution in [2.24, 2.45) is 0 Å². The normalized spacial score (nSPS) is 12.0. The van der Waals surface area contributed by atoms with Crippen molar-refractivity contribution in [3.05, 3.63) is 60.2 Å². The molecule has 0 amide bonds. The van der Waals surface area contributed by atoms with Crippen LogP contribution in [0.5, 0.6) is 0 Å². The van der Waals surface area contributed by atoms with Gasteiger partial charge in [-0.15, -0.1) is 0 Å². The number of ketones is 1. The molecule has 126 valence electrons. The maximum atomic E-state index is 12.3. The van der Waals surface area contributed by atoms with Crippen molar-refractivity contribution in [2.75, 3.05) is 26.5 Å². The molecule has 0 saturated heterocycles. The summed E-state index contributed by atoms with van der Waals surface area (Å²) in [6, 6.07) is 0. The van der Waals surface area contributed by atoms with E-state index in [0.29, 0.717) is 23.3 Å². The van der Waals surface area contributed by atoms with Crippen LogP contribution in [0.2, 0.25) is 0 Å². The van der Waals surface area contributed by atoms with Gasteiger partial charge in [0.15, 0.2) is 11.6 Å². The van der Waals surface area contributed by atoms with Crippen LogP contribution in [0.3, 0.4) is 0 Å². The molecule has 24 heavy (non-hydrogen) atoms. The van der Waals surface area contributed by atoms with Crippen LogP contribution >= 0.6 is 0 Å². The lowest BCUT2D eigenvalue weighted by Gasteiger charge is -2.03. The number of fused-ring (bicyclic) bond motifs is 1. The fraction of sp³-hybridized carbons (Fsp3) is 0.235. The van der Waals surface area contributed by atoms with Crippen molar-refractivity contribution in [3.8, 4) is 0 Å². The summed E-state index contributed by atoms with van der Waals surface area (Å²) in [7, 11) is 3.31. The average Bonchev–Trinajstić information content (AvgIpc) is 2.94. The predicted molar refractivity (Wildman–Crippen MR) is 93.8 cm³/mol. The van der Waals surface area contributed by atoms with Crippen LogP contribution in [0.15, 0.2) is 49.1 Å². The third-order valence-electron chi connectivity index (χ3n) is 3.49. The molecule has 0 bridgehead atoms. The number of ether oxygens (including phenoxy) is 1. The van der Waals surface area contributed by atoms with Crippen molar-refractivity contribution < 1.29 is 9.53 Å². The molecule has 2 heterocycles. The van der Waals surface area contributed by atoms with Crippen LogP contribution in [-0.2, 0) is 11.2 Å². The Balaban J connectivity index is 2.44. The molecule has 0 atom stereocenters. The lowest BCUT2D eigenvalue weighted by molar-refractivity contribution is 0.0847. The fourth-order valence-electron chi connectivity index (χ4n) is 2.41. The number of hydrogen-bond acceptors (Lipinski definition) is 6. The molecule has 2 rings (SSSR count). The molecule has 2 aromatic heterocycles. The Kier molecular flexibility index (Phi) is 5.86. The number of Topliss-reactive ketones (excluding diaryl/α,β-unsaturated/α-hetero) is 1. The Labute approximate surface area is 140 Å². The summed E-state index contributed by atoms with van der Waals surface area (Å²) in [5.74, 6) is 0.210. The number of hydrogen-bond donors (Lipinski definition) is 2. The lowest BCUT2D eigenvalue weighted by Crippen LogP contribution is -2.08. The number of aromatic nitrogens is 3. The van der Waals surface area contributed by atoms with Gasteiger partial charge in [0.25, 0.3) is 0 Å². The van der Waals surface area contributed by atoms with Crippen molar-refractivity contribution in [2.45, 2.75) is 6.42 Å². The molecule has 0 aliphatic carbocycles. The van der Waals surface area contributed by atoms with E-state index in [1.165, 1.54) is 13.4 Å². The largest absolute Gasteiger partial charge is 0.388 e. The number of methoxy groups -OCH3 is 1. The Morgan fingerprint density at radius 1 is 1.54 bits per heavy atom. The minimum Gasteiger partial charge on any atom is -0.388 e. The van der Waals surface area contributed by atoms with E-state index in [9.17, 15) is 4.79 Å². The zero-order valence-corrected chi connectivity index (χ0v) is 13.8. The maximum absolute atomic E-state index is 12.3. The zero-order chi connectivity index (χ0) is 17.5. The van der Waals surface area contributed by atoms with E-state index >= 15 is 0 Å². The highest BCUT2D eigenvalue weighted by Gasteiger charge is 2.18. The van der Waals surface area contributed by atoms with Gasteiger partial charge in [-0.1, -0.05) is 18.7 Å². The molecule has 0 aromatic carbocycles. The van der Waals surface area contributed by atoms with Crippen molar-refractivity contribution in [1.82, 2.24) is 19.9 Å². The summed E-state index contributed by atoms with van der Waals surface area (Å²) in [5, 5.41) is 7.18. The molecule has 0 unspecified atom stereocenters. The first-order valence-electron chi connectivity index (χ1n) is 7.42. The van der Waals surface area contributed by atoms with Gasteiger partial charge >= 0.3 is 0 Å². The molecule has 2 aromatic rings. The Morgan fingerprint density at radius 3 is 3.00 bits per heavy atom. The van der Waals surface area contributed by atoms with Gasteiger partial charge in [0.1, 0.15) is 18.5 Å². The number of nitrogens with zero attached hydrogens (tertiary/aromatic N) is 3. The van der Waals surface area contributed by atoms with Crippen molar-refractivity contribution in [1.29, 1.82) is 0 Å². The highest BCUT2D eigenvalue weighted by atomic mass is 16.5. The highest BCUT2D eigenvalue weighted by molar-refractivity contribution is 6.01. The summed E-state index contributed by atoms with van der Waals surface area (Å²) in [6.07, 6.45) is 10.9. The number of likely N-dealkylation sites (N-methyl/N-ethyl adjacent to an activating group) is 1. The van der Waals surface area contributed by atoms with Crippen LogP contribution in [0.1, 0.15) is 15.9 Å². The SMILES string of the molecule is C=C/C=C(\C=C/Cc1c(C(=O)COC)cn2ncnc(N)c12)NC. The minimum absolute atomic E-state index is 0.000931. The van der Waals surface area contributed by atoms with Gasteiger partial charge in [-0.3, -0.25) is 4.79 Å². The number of carbonyl (C=O) groups is 1.